The van der Waals surface area contributed by atoms with Crippen LogP contribution in [-0.4, -0.2) is 29.8 Å². The van der Waals surface area contributed by atoms with Crippen LogP contribution in [0.15, 0.2) is 22.7 Å². The van der Waals surface area contributed by atoms with Crippen LogP contribution >= 0.6 is 27.5 Å². The highest BCUT2D eigenvalue weighted by Gasteiger charge is 2.16. The summed E-state index contributed by atoms with van der Waals surface area (Å²) >= 11 is 9.03. The van der Waals surface area contributed by atoms with E-state index >= 15 is 0 Å². The minimum absolute atomic E-state index is 0.00222. The number of nitrogens with zero attached hydrogens (tertiary/aromatic N) is 1. The van der Waals surface area contributed by atoms with E-state index in [1.54, 1.807) is 13.1 Å². The second-order valence-corrected chi connectivity index (χ2v) is 5.58. The lowest BCUT2D eigenvalue weighted by Gasteiger charge is -2.18. The molecule has 0 aromatic heterocycles. The molecule has 0 fully saturated rings. The zero-order valence-corrected chi connectivity index (χ0v) is 12.1. The quantitative estimate of drug-likeness (QED) is 0.774. The maximum absolute atomic E-state index is 13.5. The first-order valence-electron chi connectivity index (χ1n) is 5.26. The van der Waals surface area contributed by atoms with Gasteiger partial charge in [-0.1, -0.05) is 15.9 Å². The molecule has 2 nitrogen and oxygen atoms in total. The fourth-order valence-electron chi connectivity index (χ4n) is 1.34. The van der Waals surface area contributed by atoms with E-state index in [1.807, 2.05) is 6.92 Å². The van der Waals surface area contributed by atoms with Crippen molar-refractivity contribution in [2.24, 2.45) is 0 Å². The van der Waals surface area contributed by atoms with Gasteiger partial charge in [0, 0.05) is 23.4 Å². The Morgan fingerprint density at radius 2 is 2.24 bits per heavy atom. The summed E-state index contributed by atoms with van der Waals surface area (Å²) in [6.45, 7) is 2.37. The van der Waals surface area contributed by atoms with Gasteiger partial charge in [0.05, 0.1) is 5.56 Å². The highest BCUT2D eigenvalue weighted by Crippen LogP contribution is 2.17. The van der Waals surface area contributed by atoms with Crippen molar-refractivity contribution in [1.29, 1.82) is 0 Å². The molecule has 1 atom stereocenters. The van der Waals surface area contributed by atoms with Crippen LogP contribution in [0.4, 0.5) is 4.39 Å². The van der Waals surface area contributed by atoms with Gasteiger partial charge in [-0.3, -0.25) is 4.79 Å². The Hall–Kier alpha value is -0.610. The maximum atomic E-state index is 13.5. The summed E-state index contributed by atoms with van der Waals surface area (Å²) in [4.78, 5) is 13.4. The van der Waals surface area contributed by atoms with Crippen molar-refractivity contribution in [2.45, 2.75) is 18.7 Å². The third-order valence-corrected chi connectivity index (χ3v) is 3.08. The highest BCUT2D eigenvalue weighted by molar-refractivity contribution is 9.10. The third-order valence-electron chi connectivity index (χ3n) is 2.37. The maximum Gasteiger partial charge on any atom is 0.256 e. The summed E-state index contributed by atoms with van der Waals surface area (Å²) in [7, 11) is 1.64. The molecule has 1 unspecified atom stereocenters. The van der Waals surface area contributed by atoms with Gasteiger partial charge in [0.2, 0.25) is 0 Å². The first-order valence-corrected chi connectivity index (χ1v) is 6.49. The zero-order chi connectivity index (χ0) is 13.0. The van der Waals surface area contributed by atoms with Gasteiger partial charge in [0.15, 0.2) is 0 Å². The van der Waals surface area contributed by atoms with Crippen molar-refractivity contribution < 1.29 is 9.18 Å². The second kappa shape index (κ2) is 6.36. The average Bonchev–Trinajstić information content (AvgIpc) is 2.28. The number of amides is 1. The lowest BCUT2D eigenvalue weighted by molar-refractivity contribution is 0.0789. The zero-order valence-electron chi connectivity index (χ0n) is 9.71. The fraction of sp³-hybridized carbons (Fsp3) is 0.417. The van der Waals surface area contributed by atoms with Gasteiger partial charge in [-0.15, -0.1) is 11.6 Å². The Bertz CT molecular complexity index is 411. The normalized spacial score (nSPS) is 12.3. The van der Waals surface area contributed by atoms with Crippen molar-refractivity contribution in [3.8, 4) is 0 Å². The van der Waals surface area contributed by atoms with E-state index in [0.29, 0.717) is 17.4 Å². The molecule has 0 aliphatic rings. The van der Waals surface area contributed by atoms with Crippen LogP contribution in [0.25, 0.3) is 0 Å². The molecule has 5 heteroatoms. The Balaban J connectivity index is 2.78. The molecule has 1 aromatic carbocycles. The van der Waals surface area contributed by atoms with Crippen molar-refractivity contribution >= 4 is 33.4 Å². The summed E-state index contributed by atoms with van der Waals surface area (Å²) in [5.74, 6) is -0.843. The molecule has 0 heterocycles. The molecule has 0 spiro atoms. The molecule has 0 saturated heterocycles. The van der Waals surface area contributed by atoms with Crippen LogP contribution < -0.4 is 0 Å². The Kier molecular flexibility index (Phi) is 5.40. The number of hydrogen-bond acceptors (Lipinski definition) is 1. The summed E-state index contributed by atoms with van der Waals surface area (Å²) in [6.07, 6.45) is 0.680. The van der Waals surface area contributed by atoms with Crippen LogP contribution in [0.3, 0.4) is 0 Å². The van der Waals surface area contributed by atoms with E-state index in [-0.39, 0.29) is 16.8 Å². The number of rotatable bonds is 4. The molecular weight excluding hydrogens is 308 g/mol. The molecule has 0 saturated carbocycles. The minimum Gasteiger partial charge on any atom is -0.342 e. The summed E-state index contributed by atoms with van der Waals surface area (Å²) in [5.41, 5.74) is 0.0732. The van der Waals surface area contributed by atoms with Crippen molar-refractivity contribution in [2.75, 3.05) is 13.6 Å². The topological polar surface area (TPSA) is 20.3 Å². The number of hydrogen-bond donors (Lipinski definition) is 0. The molecule has 1 aromatic rings. The standard InChI is InChI=1S/C12H14BrClFNO/c1-8(14)5-6-16(2)12(17)10-7-9(13)3-4-11(10)15/h3-4,7-8H,5-6H2,1-2H3. The molecular formula is C12H14BrClFNO. The number of halogens is 3. The molecule has 0 aliphatic heterocycles. The average molecular weight is 323 g/mol. The van der Waals surface area contributed by atoms with Gasteiger partial charge in [0.1, 0.15) is 5.82 Å². The largest absolute Gasteiger partial charge is 0.342 e. The van der Waals surface area contributed by atoms with E-state index in [9.17, 15) is 9.18 Å². The van der Waals surface area contributed by atoms with Gasteiger partial charge in [-0.25, -0.2) is 4.39 Å². The Labute approximate surface area is 114 Å². The number of carbonyl (C=O) groups excluding carboxylic acids is 1. The molecule has 17 heavy (non-hydrogen) atoms. The summed E-state index contributed by atoms with van der Waals surface area (Å²) in [5, 5.41) is -0.00222. The molecule has 0 N–H and O–H groups in total. The lowest BCUT2D eigenvalue weighted by Crippen LogP contribution is -2.29. The fourth-order valence-corrected chi connectivity index (χ4v) is 1.80. The van der Waals surface area contributed by atoms with Crippen LogP contribution in [-0.2, 0) is 0 Å². The van der Waals surface area contributed by atoms with Crippen molar-refractivity contribution in [3.05, 3.63) is 34.1 Å². The molecule has 94 valence electrons. The summed E-state index contributed by atoms with van der Waals surface area (Å²) in [6, 6.07) is 4.32. The van der Waals surface area contributed by atoms with E-state index in [0.717, 1.165) is 0 Å². The van der Waals surface area contributed by atoms with Gasteiger partial charge in [-0.05, 0) is 31.5 Å². The van der Waals surface area contributed by atoms with Crippen LogP contribution in [0.1, 0.15) is 23.7 Å². The molecule has 0 bridgehead atoms. The highest BCUT2D eigenvalue weighted by atomic mass is 79.9. The molecule has 0 radical (unpaired) electrons. The van der Waals surface area contributed by atoms with Crippen molar-refractivity contribution in [3.63, 3.8) is 0 Å². The van der Waals surface area contributed by atoms with E-state index in [4.69, 9.17) is 11.6 Å². The first-order chi connectivity index (χ1) is 7.91. The molecule has 0 aliphatic carbocycles. The number of alkyl halides is 1. The number of carbonyl (C=O) groups is 1. The minimum atomic E-state index is -0.510. The van der Waals surface area contributed by atoms with Crippen LogP contribution in [0.5, 0.6) is 0 Å². The third kappa shape index (κ3) is 4.28. The lowest BCUT2D eigenvalue weighted by atomic mass is 10.2. The van der Waals surface area contributed by atoms with Crippen LogP contribution in [0.2, 0.25) is 0 Å². The Morgan fingerprint density at radius 1 is 1.59 bits per heavy atom. The van der Waals surface area contributed by atoms with Gasteiger partial charge >= 0.3 is 0 Å². The molecule has 1 amide bonds. The van der Waals surface area contributed by atoms with Crippen molar-refractivity contribution in [1.82, 2.24) is 4.90 Å². The van der Waals surface area contributed by atoms with Gasteiger partial charge in [-0.2, -0.15) is 0 Å². The number of benzene rings is 1. The predicted molar refractivity (Wildman–Crippen MR) is 71.0 cm³/mol. The monoisotopic (exact) mass is 321 g/mol. The Morgan fingerprint density at radius 3 is 2.82 bits per heavy atom. The predicted octanol–water partition coefficient (Wildman–Crippen LogP) is 3.68. The van der Waals surface area contributed by atoms with Crippen LogP contribution in [0, 0.1) is 5.82 Å². The first kappa shape index (κ1) is 14.5. The van der Waals surface area contributed by atoms with Gasteiger partial charge < -0.3 is 4.90 Å². The van der Waals surface area contributed by atoms with Gasteiger partial charge in [0.25, 0.3) is 5.91 Å². The van der Waals surface area contributed by atoms with E-state index in [2.05, 4.69) is 15.9 Å². The van der Waals surface area contributed by atoms with E-state index in [1.165, 1.54) is 17.0 Å². The van der Waals surface area contributed by atoms with E-state index < -0.39 is 5.82 Å². The summed E-state index contributed by atoms with van der Waals surface area (Å²) < 4.78 is 14.2. The molecule has 1 rings (SSSR count). The smallest absolute Gasteiger partial charge is 0.256 e. The SMILES string of the molecule is CC(Cl)CCN(C)C(=O)c1cc(Br)ccc1F. The second-order valence-electron chi connectivity index (χ2n) is 3.92.